The lowest BCUT2D eigenvalue weighted by molar-refractivity contribution is 0.0717. The smallest absolute Gasteiger partial charge is 0.265 e. The van der Waals surface area contributed by atoms with Crippen LogP contribution in [0, 0.1) is 0 Å². The van der Waals surface area contributed by atoms with E-state index in [4.69, 9.17) is 16.0 Å². The van der Waals surface area contributed by atoms with E-state index in [2.05, 4.69) is 5.32 Å². The van der Waals surface area contributed by atoms with Gasteiger partial charge in [-0.3, -0.25) is 9.59 Å². The maximum Gasteiger partial charge on any atom is 0.265 e. The lowest BCUT2D eigenvalue weighted by atomic mass is 10.1. The second-order valence-corrected chi connectivity index (χ2v) is 8.21. The molecule has 2 aromatic carbocycles. The van der Waals surface area contributed by atoms with Crippen molar-refractivity contribution in [2.24, 2.45) is 0 Å². The molecule has 0 unspecified atom stereocenters. The Morgan fingerprint density at radius 1 is 0.968 bits per heavy atom. The average Bonchev–Trinajstić information content (AvgIpc) is 3.49. The van der Waals surface area contributed by atoms with Gasteiger partial charge >= 0.3 is 0 Å². The molecule has 0 aliphatic carbocycles. The van der Waals surface area contributed by atoms with E-state index >= 15 is 0 Å². The molecule has 31 heavy (non-hydrogen) atoms. The molecule has 0 spiro atoms. The normalized spacial score (nSPS) is 10.6. The Hall–Kier alpha value is -3.35. The zero-order chi connectivity index (χ0) is 21.6. The van der Waals surface area contributed by atoms with Crippen molar-refractivity contribution in [3.8, 4) is 0 Å². The van der Waals surface area contributed by atoms with Crippen LogP contribution in [-0.2, 0) is 13.1 Å². The molecule has 0 fully saturated rings. The molecule has 7 heteroatoms. The van der Waals surface area contributed by atoms with Gasteiger partial charge < -0.3 is 14.6 Å². The summed E-state index contributed by atoms with van der Waals surface area (Å²) >= 11 is 7.61. The molecule has 0 radical (unpaired) electrons. The van der Waals surface area contributed by atoms with Crippen LogP contribution >= 0.6 is 22.9 Å². The van der Waals surface area contributed by atoms with Gasteiger partial charge in [0.25, 0.3) is 11.8 Å². The summed E-state index contributed by atoms with van der Waals surface area (Å²) in [4.78, 5) is 28.1. The maximum atomic E-state index is 13.4. The molecular weight excluding hydrogens is 432 g/mol. The topological polar surface area (TPSA) is 62.6 Å². The molecule has 0 atom stereocenters. The van der Waals surface area contributed by atoms with E-state index in [9.17, 15) is 9.59 Å². The number of furan rings is 1. The van der Waals surface area contributed by atoms with Crippen molar-refractivity contribution in [2.45, 2.75) is 13.1 Å². The summed E-state index contributed by atoms with van der Waals surface area (Å²) in [6.07, 6.45) is 1.58. The van der Waals surface area contributed by atoms with Crippen molar-refractivity contribution < 1.29 is 14.0 Å². The summed E-state index contributed by atoms with van der Waals surface area (Å²) in [7, 11) is 0. The first kappa shape index (κ1) is 20.9. The summed E-state index contributed by atoms with van der Waals surface area (Å²) in [5, 5.41) is 4.98. The van der Waals surface area contributed by atoms with Crippen molar-refractivity contribution in [3.05, 3.63) is 111 Å². The fraction of sp³-hybridized carbons (Fsp3) is 0.0833. The number of halogens is 1. The molecule has 0 saturated carbocycles. The Kier molecular flexibility index (Phi) is 6.50. The van der Waals surface area contributed by atoms with Gasteiger partial charge in [-0.15, -0.1) is 11.3 Å². The van der Waals surface area contributed by atoms with Crippen LogP contribution in [-0.4, -0.2) is 16.7 Å². The highest BCUT2D eigenvalue weighted by atomic mass is 35.5. The number of hydrogen-bond acceptors (Lipinski definition) is 4. The van der Waals surface area contributed by atoms with Gasteiger partial charge in [0.15, 0.2) is 0 Å². The number of benzene rings is 2. The molecule has 4 aromatic rings. The highest BCUT2D eigenvalue weighted by Gasteiger charge is 2.20. The number of nitrogens with zero attached hydrogens (tertiary/aromatic N) is 1. The van der Waals surface area contributed by atoms with Gasteiger partial charge in [0.1, 0.15) is 5.76 Å². The molecule has 0 aliphatic rings. The largest absolute Gasteiger partial charge is 0.467 e. The Balaban J connectivity index is 1.59. The molecule has 1 N–H and O–H groups in total. The van der Waals surface area contributed by atoms with Crippen molar-refractivity contribution in [1.29, 1.82) is 0 Å². The van der Waals surface area contributed by atoms with Gasteiger partial charge in [-0.25, -0.2) is 0 Å². The summed E-state index contributed by atoms with van der Waals surface area (Å²) in [5.41, 5.74) is 1.82. The van der Waals surface area contributed by atoms with Gasteiger partial charge in [0, 0.05) is 12.1 Å². The predicted molar refractivity (Wildman–Crippen MR) is 122 cm³/mol. The molecule has 156 valence electrons. The van der Waals surface area contributed by atoms with Gasteiger partial charge in [-0.1, -0.05) is 48.0 Å². The molecule has 0 saturated heterocycles. The van der Waals surface area contributed by atoms with Crippen LogP contribution in [0.1, 0.15) is 31.4 Å². The first-order chi connectivity index (χ1) is 15.1. The maximum absolute atomic E-state index is 13.4. The van der Waals surface area contributed by atoms with Crippen LogP contribution < -0.4 is 5.32 Å². The Morgan fingerprint density at radius 3 is 2.52 bits per heavy atom. The summed E-state index contributed by atoms with van der Waals surface area (Å²) in [6.45, 7) is 0.736. The molecule has 2 heterocycles. The van der Waals surface area contributed by atoms with Gasteiger partial charge in [0.05, 0.1) is 28.4 Å². The summed E-state index contributed by atoms with van der Waals surface area (Å²) in [5.74, 6) is 0.228. The van der Waals surface area contributed by atoms with E-state index in [-0.39, 0.29) is 11.8 Å². The molecule has 2 amide bonds. The average molecular weight is 451 g/mol. The molecular formula is C24H19ClN2O3S. The molecule has 4 rings (SSSR count). The Labute approximate surface area is 188 Å². The van der Waals surface area contributed by atoms with Crippen LogP contribution in [0.25, 0.3) is 0 Å². The number of rotatable bonds is 7. The van der Waals surface area contributed by atoms with Crippen LogP contribution in [0.5, 0.6) is 0 Å². The van der Waals surface area contributed by atoms with Crippen molar-refractivity contribution >= 4 is 40.4 Å². The number of anilines is 1. The standard InChI is InChI=1S/C24H19ClN2O3S/c25-20-11-10-18(14-21(20)26-23(28)22-9-5-13-31-22)24(29)27(16-19-8-4-12-30-19)15-17-6-2-1-3-7-17/h1-14H,15-16H2,(H,26,28). The minimum Gasteiger partial charge on any atom is -0.467 e. The lowest BCUT2D eigenvalue weighted by Crippen LogP contribution is -2.30. The van der Waals surface area contributed by atoms with Crippen LogP contribution in [0.15, 0.2) is 88.9 Å². The van der Waals surface area contributed by atoms with E-state index in [1.54, 1.807) is 47.6 Å². The summed E-state index contributed by atoms with van der Waals surface area (Å²) < 4.78 is 5.45. The van der Waals surface area contributed by atoms with E-state index < -0.39 is 0 Å². The number of amides is 2. The third-order valence-corrected chi connectivity index (χ3v) is 5.83. The zero-order valence-corrected chi connectivity index (χ0v) is 18.0. The minimum absolute atomic E-state index is 0.191. The molecule has 2 aromatic heterocycles. The van der Waals surface area contributed by atoms with Crippen molar-refractivity contribution in [2.75, 3.05) is 5.32 Å². The zero-order valence-electron chi connectivity index (χ0n) is 16.5. The second kappa shape index (κ2) is 9.64. The first-order valence-electron chi connectivity index (χ1n) is 9.60. The van der Waals surface area contributed by atoms with Crippen molar-refractivity contribution in [3.63, 3.8) is 0 Å². The van der Waals surface area contributed by atoms with Gasteiger partial charge in [0.2, 0.25) is 0 Å². The molecule has 0 aliphatic heterocycles. The Morgan fingerprint density at radius 2 is 1.81 bits per heavy atom. The SMILES string of the molecule is O=C(Nc1cc(C(=O)N(Cc2ccccc2)Cc2ccco2)ccc1Cl)c1cccs1. The second-order valence-electron chi connectivity index (χ2n) is 6.85. The Bertz CT molecular complexity index is 1160. The third-order valence-electron chi connectivity index (χ3n) is 4.64. The number of carbonyl (C=O) groups excluding carboxylic acids is 2. The van der Waals surface area contributed by atoms with Crippen LogP contribution in [0.4, 0.5) is 5.69 Å². The van der Waals surface area contributed by atoms with E-state index in [0.717, 1.165) is 5.56 Å². The van der Waals surface area contributed by atoms with Crippen LogP contribution in [0.2, 0.25) is 5.02 Å². The van der Waals surface area contributed by atoms with E-state index in [1.165, 1.54) is 11.3 Å². The number of hydrogen-bond donors (Lipinski definition) is 1. The third kappa shape index (κ3) is 5.23. The number of nitrogens with one attached hydrogen (secondary N) is 1. The van der Waals surface area contributed by atoms with Crippen LogP contribution in [0.3, 0.4) is 0 Å². The monoisotopic (exact) mass is 450 g/mol. The first-order valence-corrected chi connectivity index (χ1v) is 10.9. The lowest BCUT2D eigenvalue weighted by Gasteiger charge is -2.22. The summed E-state index contributed by atoms with van der Waals surface area (Å²) in [6, 6.07) is 21.8. The predicted octanol–water partition coefficient (Wildman–Crippen LogP) is 6.09. The van der Waals surface area contributed by atoms with Crippen molar-refractivity contribution in [1.82, 2.24) is 4.90 Å². The quantitative estimate of drug-likeness (QED) is 0.370. The van der Waals surface area contributed by atoms with Gasteiger partial charge in [-0.2, -0.15) is 0 Å². The fourth-order valence-corrected chi connectivity index (χ4v) is 3.91. The van der Waals surface area contributed by atoms with E-state index in [1.807, 2.05) is 41.8 Å². The van der Waals surface area contributed by atoms with Gasteiger partial charge in [-0.05, 0) is 47.3 Å². The highest BCUT2D eigenvalue weighted by Crippen LogP contribution is 2.26. The molecule has 0 bridgehead atoms. The number of thiophene rings is 1. The minimum atomic E-state index is -0.266. The number of carbonyl (C=O) groups is 2. The van der Waals surface area contributed by atoms with E-state index in [0.29, 0.717) is 40.0 Å². The fourth-order valence-electron chi connectivity index (χ4n) is 3.12. The molecule has 5 nitrogen and oxygen atoms in total. The highest BCUT2D eigenvalue weighted by molar-refractivity contribution is 7.12.